The Balaban J connectivity index is 0.00000608. The van der Waals surface area contributed by atoms with Gasteiger partial charge in [-0.3, -0.25) is 9.47 Å². The maximum absolute atomic E-state index is 10.9. The first kappa shape index (κ1) is 28.4. The molecule has 292 valence electrons. The predicted octanol–water partition coefficient (Wildman–Crippen LogP) is 12.0. The number of aromatic nitrogens is 4. The number of anilines is 2. The van der Waals surface area contributed by atoms with E-state index in [9.17, 15) is 5.26 Å². The molecule has 0 saturated heterocycles. The van der Waals surface area contributed by atoms with E-state index < -0.39 is 60.4 Å². The van der Waals surface area contributed by atoms with Gasteiger partial charge in [0.1, 0.15) is 5.82 Å². The third-order valence-electron chi connectivity index (χ3n) is 10.4. The Morgan fingerprint density at radius 2 is 1.35 bits per heavy atom. The number of imidazole rings is 1. The van der Waals surface area contributed by atoms with Crippen LogP contribution in [0.1, 0.15) is 40.0 Å². The molecule has 0 spiro atoms. The van der Waals surface area contributed by atoms with Gasteiger partial charge in [-0.1, -0.05) is 159 Å². The van der Waals surface area contributed by atoms with E-state index in [1.165, 1.54) is 4.90 Å². The van der Waals surface area contributed by atoms with Gasteiger partial charge < -0.3 is 9.13 Å². The van der Waals surface area contributed by atoms with Crippen LogP contribution in [0.4, 0.5) is 11.4 Å². The van der Waals surface area contributed by atoms with E-state index in [0.29, 0.717) is 33.9 Å². The normalized spacial score (nSPS) is 13.8. The predicted molar refractivity (Wildman–Crippen MR) is 237 cm³/mol. The smallest absolute Gasteiger partial charge is 0.268 e. The average Bonchev–Trinajstić information content (AvgIpc) is 3.90. The first-order chi connectivity index (χ1) is 33.0. The van der Waals surface area contributed by atoms with Crippen LogP contribution in [0.5, 0.6) is 0 Å². The van der Waals surface area contributed by atoms with Gasteiger partial charge in [-0.2, -0.15) is 23.5 Å². The van der Waals surface area contributed by atoms with Gasteiger partial charge in [0.2, 0.25) is 0 Å². The summed E-state index contributed by atoms with van der Waals surface area (Å²) in [5.41, 5.74) is 5.02. The molecule has 7 aromatic carbocycles. The summed E-state index contributed by atoms with van der Waals surface area (Å²) < 4.78 is 92.2. The molecule has 0 N–H and O–H groups in total. The van der Waals surface area contributed by atoms with E-state index in [1.54, 1.807) is 63.9 Å². The number of pyridine rings is 1. The second kappa shape index (κ2) is 15.6. The van der Waals surface area contributed by atoms with Gasteiger partial charge in [-0.05, 0) is 62.5 Å². The number of hydrogen-bond donors (Lipinski definition) is 0. The number of rotatable bonds is 7. The van der Waals surface area contributed by atoms with Gasteiger partial charge in [0.15, 0.2) is 6.19 Å². The second-order valence-electron chi connectivity index (χ2n) is 14.9. The number of hydrogen-bond acceptors (Lipinski definition) is 3. The summed E-state index contributed by atoms with van der Waals surface area (Å²) in [5, 5.41) is 12.8. The van der Waals surface area contributed by atoms with Gasteiger partial charge in [-0.25, -0.2) is 4.98 Å². The van der Waals surface area contributed by atoms with Gasteiger partial charge in [0.05, 0.1) is 30.4 Å². The quantitative estimate of drug-likeness (QED) is 0.0692. The van der Waals surface area contributed by atoms with Gasteiger partial charge in [-0.15, -0.1) is 29.7 Å². The SMILES string of the molecule is [2H]c1c([2H])c([2H])c(-c2cccc(-c3c([2H])c([2H])c([2H])c([2H])c3[2H])c2-[n+]2[c-]n(-c3[c-]c(N(C#N)c4[c-]c5c(cc4)c4ccccc4n5-c4cc(C(C)(C)C)ccn4)ccc3)c3ccccc32)c([2H])c1[2H].[Pt]. The minimum Gasteiger partial charge on any atom is -0.319 e. The zero-order valence-corrected chi connectivity index (χ0v) is 34.7. The molecule has 0 radical (unpaired) electrons. The number of nitriles is 1. The van der Waals surface area contributed by atoms with Crippen LogP contribution in [-0.4, -0.2) is 14.1 Å². The van der Waals surface area contributed by atoms with Gasteiger partial charge in [0, 0.05) is 32.8 Å². The van der Waals surface area contributed by atoms with E-state index in [2.05, 4.69) is 62.1 Å². The Kier molecular flexibility index (Phi) is 7.38. The molecule has 0 fully saturated rings. The summed E-state index contributed by atoms with van der Waals surface area (Å²) in [4.78, 5) is 6.22. The first-order valence-corrected chi connectivity index (χ1v) is 18.9. The van der Waals surface area contributed by atoms with Crippen molar-refractivity contribution < 1.29 is 39.3 Å². The zero-order valence-electron chi connectivity index (χ0n) is 42.5. The third-order valence-corrected chi connectivity index (χ3v) is 10.4. The molecule has 0 aliphatic heterocycles. The molecule has 0 atom stereocenters. The zero-order chi connectivity index (χ0) is 48.8. The molecule has 0 amide bonds. The third kappa shape index (κ3) is 6.68. The Morgan fingerprint density at radius 1 is 0.700 bits per heavy atom. The fraction of sp³-hybridized carbons (Fsp3) is 0.0755. The number of fused-ring (bicyclic) bond motifs is 4. The monoisotopic (exact) mass is 963 g/mol. The van der Waals surface area contributed by atoms with Crippen molar-refractivity contribution in [2.24, 2.45) is 0 Å². The van der Waals surface area contributed by atoms with Crippen molar-refractivity contribution in [2.45, 2.75) is 26.2 Å². The molecule has 0 saturated carbocycles. The molecular formula is C53H38N6Pt-2. The topological polar surface area (TPSA) is 53.7 Å². The Morgan fingerprint density at radius 3 is 2.05 bits per heavy atom. The number of nitrogens with zero attached hydrogens (tertiary/aromatic N) is 6. The number of para-hydroxylation sites is 4. The summed E-state index contributed by atoms with van der Waals surface area (Å²) in [6.45, 7) is 6.45. The molecule has 3 heterocycles. The average molecular weight is 964 g/mol. The molecular weight excluding hydrogens is 916 g/mol. The van der Waals surface area contributed by atoms with Crippen molar-refractivity contribution in [3.63, 3.8) is 0 Å². The molecule has 0 aliphatic rings. The van der Waals surface area contributed by atoms with E-state index in [1.807, 2.05) is 48.5 Å². The van der Waals surface area contributed by atoms with Gasteiger partial charge >= 0.3 is 0 Å². The van der Waals surface area contributed by atoms with Crippen LogP contribution >= 0.6 is 0 Å². The van der Waals surface area contributed by atoms with Crippen molar-refractivity contribution in [3.05, 3.63) is 200 Å². The molecule has 3 aromatic heterocycles. The molecule has 10 rings (SSSR count). The fourth-order valence-electron chi connectivity index (χ4n) is 7.56. The minimum atomic E-state index is -0.586. The first-order valence-electron chi connectivity index (χ1n) is 23.9. The Hall–Kier alpha value is -7.06. The van der Waals surface area contributed by atoms with E-state index in [-0.39, 0.29) is 54.4 Å². The van der Waals surface area contributed by atoms with Crippen LogP contribution in [0.3, 0.4) is 0 Å². The standard InChI is InChI=1S/C53H38N6.Pt/c1-53(2,3)39-30-31-55-51(32-39)59-47-25-11-10-22-45(47)46-29-28-42(34-50(46)59)56(35-54)40-20-14-21-41(33-40)57-36-58(49-27-13-12-26-48(49)57)52-43(37-16-6-4-7-17-37)23-15-24-44(52)38-18-8-5-9-19-38;/h4-32H,1-3H3;/q-2;/i4D,5D,6D,7D,8D,9D,16D,17D,18D,19D;. The summed E-state index contributed by atoms with van der Waals surface area (Å²) in [6, 6.07) is 34.7. The molecule has 7 heteroatoms. The molecule has 0 aliphatic carbocycles. The molecule has 60 heavy (non-hydrogen) atoms. The van der Waals surface area contributed by atoms with Crippen LogP contribution in [-0.2, 0) is 26.5 Å². The van der Waals surface area contributed by atoms with Crippen LogP contribution < -0.4 is 9.47 Å². The van der Waals surface area contributed by atoms with Crippen molar-refractivity contribution >= 4 is 44.2 Å². The maximum Gasteiger partial charge on any atom is 0.268 e. The Labute approximate surface area is 378 Å². The van der Waals surface area contributed by atoms with Crippen molar-refractivity contribution in [3.8, 4) is 45.6 Å². The van der Waals surface area contributed by atoms with Crippen molar-refractivity contribution in [1.29, 1.82) is 5.26 Å². The maximum atomic E-state index is 10.9. The molecule has 6 nitrogen and oxygen atoms in total. The van der Waals surface area contributed by atoms with Crippen LogP contribution in [0, 0.1) is 29.9 Å². The Bertz CT molecular complexity index is 3690. The second-order valence-corrected chi connectivity index (χ2v) is 14.9. The van der Waals surface area contributed by atoms with Crippen molar-refractivity contribution in [1.82, 2.24) is 14.1 Å². The largest absolute Gasteiger partial charge is 0.319 e. The van der Waals surface area contributed by atoms with Crippen molar-refractivity contribution in [2.75, 3.05) is 4.90 Å². The van der Waals surface area contributed by atoms with E-state index in [0.717, 1.165) is 27.4 Å². The van der Waals surface area contributed by atoms with Crippen LogP contribution in [0.25, 0.3) is 72.3 Å². The summed E-state index contributed by atoms with van der Waals surface area (Å²) >= 11 is 0. The molecule has 0 unspecified atom stereocenters. The minimum absolute atomic E-state index is 0. The fourth-order valence-corrected chi connectivity index (χ4v) is 7.56. The molecule has 10 aromatic rings. The van der Waals surface area contributed by atoms with Crippen LogP contribution in [0.15, 0.2) is 176 Å². The summed E-state index contributed by atoms with van der Waals surface area (Å²) in [6.07, 6.45) is 7.51. The molecule has 0 bridgehead atoms. The van der Waals surface area contributed by atoms with Gasteiger partial charge in [0.25, 0.3) is 6.33 Å². The van der Waals surface area contributed by atoms with Crippen LogP contribution in [0.2, 0.25) is 0 Å². The summed E-state index contributed by atoms with van der Waals surface area (Å²) in [5.74, 6) is 0.713. The number of benzene rings is 7. The van der Waals surface area contributed by atoms with E-state index >= 15 is 0 Å². The van der Waals surface area contributed by atoms with E-state index in [4.69, 9.17) is 18.7 Å². The summed E-state index contributed by atoms with van der Waals surface area (Å²) in [7, 11) is 0.